The zero-order valence-electron chi connectivity index (χ0n) is 21.5. The summed E-state index contributed by atoms with van der Waals surface area (Å²) in [6, 6.07) is 8.16. The summed E-state index contributed by atoms with van der Waals surface area (Å²) in [5, 5.41) is 4.20. The molecule has 8 nitrogen and oxygen atoms in total. The van der Waals surface area contributed by atoms with Gasteiger partial charge >= 0.3 is 0 Å². The number of hydrogen-bond acceptors (Lipinski definition) is 6. The minimum absolute atomic E-state index is 0.0281. The number of fused-ring (bicyclic) bond motifs is 5. The van der Waals surface area contributed by atoms with Gasteiger partial charge in [0, 0.05) is 24.7 Å². The van der Waals surface area contributed by atoms with Crippen molar-refractivity contribution in [3.8, 4) is 22.7 Å². The third-order valence-electron chi connectivity index (χ3n) is 7.03. The normalized spacial score (nSPS) is 13.4. The number of halogens is 2. The van der Waals surface area contributed by atoms with Gasteiger partial charge in [0.25, 0.3) is 5.56 Å². The molecule has 0 atom stereocenters. The predicted molar refractivity (Wildman–Crippen MR) is 146 cm³/mol. The van der Waals surface area contributed by atoms with Crippen LogP contribution in [0.2, 0.25) is 5.02 Å². The van der Waals surface area contributed by atoms with Gasteiger partial charge in [0.05, 0.1) is 46.8 Å². The van der Waals surface area contributed by atoms with E-state index in [0.29, 0.717) is 46.6 Å². The molecular weight excluding hydrogens is 507 g/mol. The first-order valence-corrected chi connectivity index (χ1v) is 12.8. The zero-order valence-corrected chi connectivity index (χ0v) is 22.2. The van der Waals surface area contributed by atoms with Gasteiger partial charge in [-0.15, -0.1) is 0 Å². The molecule has 4 aromatic heterocycles. The Labute approximate surface area is 223 Å². The number of ether oxygens (including phenoxy) is 1. The van der Waals surface area contributed by atoms with Crippen LogP contribution >= 0.6 is 11.6 Å². The van der Waals surface area contributed by atoms with Crippen molar-refractivity contribution in [1.82, 2.24) is 29.4 Å². The Hall–Kier alpha value is -3.82. The summed E-state index contributed by atoms with van der Waals surface area (Å²) >= 11 is 6.81. The summed E-state index contributed by atoms with van der Waals surface area (Å²) < 4.78 is 24.2. The van der Waals surface area contributed by atoms with Crippen LogP contribution in [0.15, 0.2) is 41.3 Å². The van der Waals surface area contributed by atoms with E-state index >= 15 is 4.39 Å². The molecule has 0 spiro atoms. The summed E-state index contributed by atoms with van der Waals surface area (Å²) in [6.07, 6.45) is 1.74. The summed E-state index contributed by atoms with van der Waals surface area (Å²) in [5.41, 5.74) is 3.63. The predicted octanol–water partition coefficient (Wildman–Crippen LogP) is 5.13. The highest BCUT2D eigenvalue weighted by atomic mass is 35.5. The van der Waals surface area contributed by atoms with Crippen LogP contribution in [0.25, 0.3) is 39.0 Å². The maximum absolute atomic E-state index is 15.2. The van der Waals surface area contributed by atoms with Crippen LogP contribution in [-0.2, 0) is 13.1 Å². The van der Waals surface area contributed by atoms with E-state index in [2.05, 4.69) is 10.3 Å². The molecule has 0 radical (unpaired) electrons. The number of aromatic nitrogens is 5. The Bertz CT molecular complexity index is 1810. The molecule has 0 fully saturated rings. The lowest BCUT2D eigenvalue weighted by atomic mass is 10.0. The Balaban J connectivity index is 1.83. The first-order valence-electron chi connectivity index (χ1n) is 12.5. The highest BCUT2D eigenvalue weighted by Crippen LogP contribution is 2.39. The van der Waals surface area contributed by atoms with Gasteiger partial charge in [-0.2, -0.15) is 0 Å². The SMILES string of the molecule is COc1cccc(F)c1-c1nc2c(cc1Cl)c1c(nc3n1CCNC3)c(=O)n2-c1c(C)ccnc1C(C)C. The molecule has 0 aliphatic carbocycles. The van der Waals surface area contributed by atoms with Crippen LogP contribution in [-0.4, -0.2) is 37.7 Å². The van der Waals surface area contributed by atoms with Crippen molar-refractivity contribution in [2.45, 2.75) is 39.8 Å². The van der Waals surface area contributed by atoms with E-state index in [1.807, 2.05) is 31.4 Å². The van der Waals surface area contributed by atoms with E-state index in [1.165, 1.54) is 13.2 Å². The summed E-state index contributed by atoms with van der Waals surface area (Å²) in [7, 11) is 1.47. The third-order valence-corrected chi connectivity index (χ3v) is 7.32. The minimum Gasteiger partial charge on any atom is -0.496 e. The fourth-order valence-corrected chi connectivity index (χ4v) is 5.53. The van der Waals surface area contributed by atoms with Crippen molar-refractivity contribution in [3.63, 3.8) is 0 Å². The van der Waals surface area contributed by atoms with Crippen molar-refractivity contribution >= 4 is 33.7 Å². The third kappa shape index (κ3) is 3.60. The highest BCUT2D eigenvalue weighted by Gasteiger charge is 2.27. The van der Waals surface area contributed by atoms with E-state index < -0.39 is 5.82 Å². The maximum Gasteiger partial charge on any atom is 0.284 e. The number of aryl methyl sites for hydroxylation is 1. The maximum atomic E-state index is 15.2. The van der Waals surface area contributed by atoms with Crippen molar-refractivity contribution in [3.05, 3.63) is 74.8 Å². The van der Waals surface area contributed by atoms with Gasteiger partial charge < -0.3 is 14.6 Å². The lowest BCUT2D eigenvalue weighted by molar-refractivity contribution is 0.413. The van der Waals surface area contributed by atoms with Gasteiger partial charge in [0.1, 0.15) is 17.4 Å². The fourth-order valence-electron chi connectivity index (χ4n) is 5.29. The number of nitrogens with zero attached hydrogens (tertiary/aromatic N) is 5. The quantitative estimate of drug-likeness (QED) is 0.345. The van der Waals surface area contributed by atoms with Crippen LogP contribution in [0.4, 0.5) is 4.39 Å². The molecule has 194 valence electrons. The number of pyridine rings is 3. The summed E-state index contributed by atoms with van der Waals surface area (Å²) in [5.74, 6) is 0.564. The van der Waals surface area contributed by atoms with Crippen LogP contribution < -0.4 is 15.6 Å². The van der Waals surface area contributed by atoms with Gasteiger partial charge in [-0.25, -0.2) is 14.4 Å². The first-order chi connectivity index (χ1) is 18.3. The molecule has 0 saturated heterocycles. The zero-order chi connectivity index (χ0) is 26.7. The second-order valence-electron chi connectivity index (χ2n) is 9.72. The molecule has 0 amide bonds. The average Bonchev–Trinajstić information content (AvgIpc) is 3.30. The lowest BCUT2D eigenvalue weighted by Crippen LogP contribution is -2.28. The van der Waals surface area contributed by atoms with Crippen molar-refractivity contribution in [2.24, 2.45) is 0 Å². The number of methoxy groups -OCH3 is 1. The second-order valence-corrected chi connectivity index (χ2v) is 10.1. The van der Waals surface area contributed by atoms with Gasteiger partial charge in [-0.3, -0.25) is 14.3 Å². The monoisotopic (exact) mass is 532 g/mol. The number of imidazole rings is 1. The molecule has 0 bridgehead atoms. The fraction of sp³-hybridized carbons (Fsp3) is 0.286. The van der Waals surface area contributed by atoms with E-state index in [-0.39, 0.29) is 27.8 Å². The van der Waals surface area contributed by atoms with E-state index in [4.69, 9.17) is 26.3 Å². The van der Waals surface area contributed by atoms with Crippen molar-refractivity contribution in [1.29, 1.82) is 0 Å². The van der Waals surface area contributed by atoms with Crippen molar-refractivity contribution < 1.29 is 9.13 Å². The van der Waals surface area contributed by atoms with Gasteiger partial charge in [0.15, 0.2) is 11.2 Å². The smallest absolute Gasteiger partial charge is 0.284 e. The van der Waals surface area contributed by atoms with Gasteiger partial charge in [0.2, 0.25) is 0 Å². The molecule has 5 heterocycles. The van der Waals surface area contributed by atoms with E-state index in [1.54, 1.807) is 29.0 Å². The number of hydrogen-bond donors (Lipinski definition) is 1. The van der Waals surface area contributed by atoms with E-state index in [0.717, 1.165) is 23.6 Å². The molecule has 0 saturated carbocycles. The average molecular weight is 533 g/mol. The molecule has 1 aromatic carbocycles. The molecule has 1 N–H and O–H groups in total. The molecule has 5 aromatic rings. The van der Waals surface area contributed by atoms with Gasteiger partial charge in [-0.05, 0) is 42.7 Å². The minimum atomic E-state index is -0.527. The molecule has 0 unspecified atom stereocenters. The molecule has 10 heteroatoms. The Morgan fingerprint density at radius 1 is 1.21 bits per heavy atom. The molecular formula is C28H26ClFN6O2. The lowest BCUT2D eigenvalue weighted by Gasteiger charge is -2.20. The van der Waals surface area contributed by atoms with E-state index in [9.17, 15) is 4.79 Å². The molecule has 38 heavy (non-hydrogen) atoms. The molecule has 1 aliphatic rings. The Morgan fingerprint density at radius 3 is 2.79 bits per heavy atom. The summed E-state index contributed by atoms with van der Waals surface area (Å²) in [6.45, 7) is 7.92. The van der Waals surface area contributed by atoms with Gasteiger partial charge in [-0.1, -0.05) is 31.5 Å². The van der Waals surface area contributed by atoms with Crippen molar-refractivity contribution in [2.75, 3.05) is 13.7 Å². The number of rotatable bonds is 4. The molecule has 6 rings (SSSR count). The van der Waals surface area contributed by atoms with Crippen LogP contribution in [0.3, 0.4) is 0 Å². The highest BCUT2D eigenvalue weighted by molar-refractivity contribution is 6.34. The van der Waals surface area contributed by atoms with Crippen LogP contribution in [0, 0.1) is 12.7 Å². The second kappa shape index (κ2) is 9.18. The number of benzene rings is 1. The van der Waals surface area contributed by atoms with Crippen LogP contribution in [0.1, 0.15) is 36.8 Å². The first kappa shape index (κ1) is 24.5. The summed E-state index contributed by atoms with van der Waals surface area (Å²) in [4.78, 5) is 28.5. The Kier molecular flexibility index (Phi) is 5.92. The van der Waals surface area contributed by atoms with Crippen LogP contribution in [0.5, 0.6) is 5.75 Å². The standard InChI is InChI=1S/C28H26ClFN6O2/c1-14(2)22-25(15(3)8-9-32-22)36-27-16(26-24(28(36)37)33-20-13-31-10-11-35(20)26)12-17(29)23(34-27)21-18(30)6-5-7-19(21)38-4/h5-9,12,14,31H,10-11,13H2,1-4H3. The molecule has 1 aliphatic heterocycles. The Morgan fingerprint density at radius 2 is 2.03 bits per heavy atom. The topological polar surface area (TPSA) is 86.9 Å². The largest absolute Gasteiger partial charge is 0.496 e. The number of nitrogens with one attached hydrogen (secondary N) is 1.